The molecule has 2 aromatic heterocycles. The first-order chi connectivity index (χ1) is 15.6. The molecule has 5 rings (SSSR count). The highest BCUT2D eigenvalue weighted by atomic mass is 16.2. The van der Waals surface area contributed by atoms with Gasteiger partial charge in [0.15, 0.2) is 0 Å². The van der Waals surface area contributed by atoms with E-state index in [2.05, 4.69) is 30.0 Å². The van der Waals surface area contributed by atoms with Crippen molar-refractivity contribution in [1.82, 2.24) is 24.6 Å². The van der Waals surface area contributed by atoms with Crippen LogP contribution in [0.2, 0.25) is 0 Å². The van der Waals surface area contributed by atoms with Crippen LogP contribution in [0.4, 0.5) is 5.82 Å². The second-order valence-electron chi connectivity index (χ2n) is 9.81. The van der Waals surface area contributed by atoms with Gasteiger partial charge in [0.2, 0.25) is 5.91 Å². The first kappa shape index (κ1) is 21.6. The average Bonchev–Trinajstić information content (AvgIpc) is 3.46. The van der Waals surface area contributed by atoms with E-state index < -0.39 is 0 Å². The normalized spacial score (nSPS) is 22.5. The molecule has 1 saturated heterocycles. The molecule has 0 bridgehead atoms. The van der Waals surface area contributed by atoms with Crippen molar-refractivity contribution in [1.29, 1.82) is 0 Å². The third-order valence-corrected chi connectivity index (χ3v) is 7.58. The van der Waals surface area contributed by atoms with Crippen LogP contribution in [-0.2, 0) is 24.3 Å². The first-order valence-corrected chi connectivity index (χ1v) is 12.6. The molecule has 172 valence electrons. The SMILES string of the molecule is CCn1cc(CN2CCC[C@H]2c2nc(C)c3c(n2)N(CC2CCCCC2)C(=O)CC3)cn1. The molecular weight excluding hydrogens is 400 g/mol. The highest BCUT2D eigenvalue weighted by molar-refractivity contribution is 5.95. The summed E-state index contributed by atoms with van der Waals surface area (Å²) in [7, 11) is 0. The van der Waals surface area contributed by atoms with Gasteiger partial charge in [-0.05, 0) is 58.4 Å². The van der Waals surface area contributed by atoms with Gasteiger partial charge in [-0.3, -0.25) is 19.3 Å². The number of hydrogen-bond donors (Lipinski definition) is 0. The highest BCUT2D eigenvalue weighted by Gasteiger charge is 2.34. The molecule has 0 radical (unpaired) electrons. The second kappa shape index (κ2) is 9.30. The van der Waals surface area contributed by atoms with Crippen molar-refractivity contribution in [2.24, 2.45) is 5.92 Å². The summed E-state index contributed by atoms with van der Waals surface area (Å²) < 4.78 is 1.98. The number of fused-ring (bicyclic) bond motifs is 1. The minimum atomic E-state index is 0.206. The van der Waals surface area contributed by atoms with Gasteiger partial charge in [-0.1, -0.05) is 19.3 Å². The zero-order valence-corrected chi connectivity index (χ0v) is 19.6. The molecule has 2 aromatic rings. The van der Waals surface area contributed by atoms with Crippen LogP contribution >= 0.6 is 0 Å². The number of rotatable bonds is 6. The predicted molar refractivity (Wildman–Crippen MR) is 124 cm³/mol. The number of hydrogen-bond acceptors (Lipinski definition) is 5. The van der Waals surface area contributed by atoms with Crippen LogP contribution < -0.4 is 4.90 Å². The maximum absolute atomic E-state index is 13.0. The van der Waals surface area contributed by atoms with Gasteiger partial charge >= 0.3 is 0 Å². The van der Waals surface area contributed by atoms with Crippen LogP contribution in [-0.4, -0.2) is 43.6 Å². The van der Waals surface area contributed by atoms with Crippen molar-refractivity contribution in [2.75, 3.05) is 18.0 Å². The highest BCUT2D eigenvalue weighted by Crippen LogP contribution is 2.36. The Kier molecular flexibility index (Phi) is 6.26. The Labute approximate surface area is 191 Å². The van der Waals surface area contributed by atoms with Crippen LogP contribution in [0.3, 0.4) is 0 Å². The molecule has 7 nitrogen and oxygen atoms in total. The maximum atomic E-state index is 13.0. The lowest BCUT2D eigenvalue weighted by Crippen LogP contribution is -2.40. The van der Waals surface area contributed by atoms with E-state index in [9.17, 15) is 4.79 Å². The minimum Gasteiger partial charge on any atom is -0.296 e. The van der Waals surface area contributed by atoms with E-state index in [4.69, 9.17) is 9.97 Å². The molecule has 3 aliphatic rings. The summed E-state index contributed by atoms with van der Waals surface area (Å²) in [6.07, 6.45) is 14.1. The molecule has 4 heterocycles. The first-order valence-electron chi connectivity index (χ1n) is 12.6. The zero-order valence-electron chi connectivity index (χ0n) is 19.6. The van der Waals surface area contributed by atoms with Crippen LogP contribution in [0, 0.1) is 12.8 Å². The van der Waals surface area contributed by atoms with Gasteiger partial charge in [-0.2, -0.15) is 5.10 Å². The Morgan fingerprint density at radius 2 is 1.91 bits per heavy atom. The third-order valence-electron chi connectivity index (χ3n) is 7.58. The van der Waals surface area contributed by atoms with E-state index in [1.54, 1.807) is 0 Å². The topological polar surface area (TPSA) is 67.2 Å². The molecule has 32 heavy (non-hydrogen) atoms. The van der Waals surface area contributed by atoms with Gasteiger partial charge in [-0.15, -0.1) is 0 Å². The number of amides is 1. The van der Waals surface area contributed by atoms with Gasteiger partial charge in [0.05, 0.1) is 12.2 Å². The Bertz CT molecular complexity index is 963. The average molecular weight is 437 g/mol. The molecule has 2 fully saturated rings. The Morgan fingerprint density at radius 1 is 1.06 bits per heavy atom. The molecule has 0 spiro atoms. The van der Waals surface area contributed by atoms with Crippen molar-refractivity contribution in [3.63, 3.8) is 0 Å². The molecule has 0 aromatic carbocycles. The summed E-state index contributed by atoms with van der Waals surface area (Å²) in [6, 6.07) is 0.206. The van der Waals surface area contributed by atoms with Gasteiger partial charge < -0.3 is 0 Å². The largest absolute Gasteiger partial charge is 0.296 e. The Morgan fingerprint density at radius 3 is 2.69 bits per heavy atom. The summed E-state index contributed by atoms with van der Waals surface area (Å²) >= 11 is 0. The summed E-state index contributed by atoms with van der Waals surface area (Å²) in [5, 5.41) is 4.43. The van der Waals surface area contributed by atoms with Crippen LogP contribution in [0.25, 0.3) is 0 Å². The second-order valence-corrected chi connectivity index (χ2v) is 9.81. The van der Waals surface area contributed by atoms with Crippen LogP contribution in [0.1, 0.15) is 87.0 Å². The molecule has 1 atom stereocenters. The van der Waals surface area contributed by atoms with E-state index in [1.165, 1.54) is 43.2 Å². The van der Waals surface area contributed by atoms with Gasteiger partial charge in [-0.25, -0.2) is 9.97 Å². The van der Waals surface area contributed by atoms with Crippen molar-refractivity contribution < 1.29 is 4.79 Å². The molecular formula is C25H36N6O. The standard InChI is InChI=1S/C25H36N6O/c1-3-30-16-20(14-26-30)15-29-13-7-10-22(29)24-27-18(2)21-11-12-23(32)31(25(21)28-24)17-19-8-5-4-6-9-19/h14,16,19,22H,3-13,15,17H2,1-2H3/t22-/m0/s1. The Hall–Kier alpha value is -2.28. The van der Waals surface area contributed by atoms with E-state index in [0.717, 1.165) is 62.8 Å². The predicted octanol–water partition coefficient (Wildman–Crippen LogP) is 4.20. The molecule has 0 N–H and O–H groups in total. The Balaban J connectivity index is 1.41. The molecule has 7 heteroatoms. The number of likely N-dealkylation sites (tertiary alicyclic amines) is 1. The zero-order chi connectivity index (χ0) is 22.1. The smallest absolute Gasteiger partial charge is 0.228 e. The number of aryl methyl sites for hydroxylation is 2. The quantitative estimate of drug-likeness (QED) is 0.679. The molecule has 1 aliphatic carbocycles. The molecule has 2 aliphatic heterocycles. The lowest BCUT2D eigenvalue weighted by atomic mass is 9.88. The number of carbonyl (C=O) groups is 1. The fraction of sp³-hybridized carbons (Fsp3) is 0.680. The fourth-order valence-corrected chi connectivity index (χ4v) is 5.77. The maximum Gasteiger partial charge on any atom is 0.228 e. The van der Waals surface area contributed by atoms with Crippen molar-refractivity contribution >= 4 is 11.7 Å². The fourth-order valence-electron chi connectivity index (χ4n) is 5.77. The lowest BCUT2D eigenvalue weighted by Gasteiger charge is -2.34. The van der Waals surface area contributed by atoms with Gasteiger partial charge in [0.1, 0.15) is 11.6 Å². The number of aromatic nitrogens is 4. The summed E-state index contributed by atoms with van der Waals surface area (Å²) in [5.74, 6) is 2.64. The van der Waals surface area contributed by atoms with E-state index in [1.807, 2.05) is 15.8 Å². The van der Waals surface area contributed by atoms with Gasteiger partial charge in [0, 0.05) is 49.1 Å². The van der Waals surface area contributed by atoms with E-state index in [0.29, 0.717) is 12.3 Å². The molecule has 1 saturated carbocycles. The van der Waals surface area contributed by atoms with Crippen LogP contribution in [0.5, 0.6) is 0 Å². The summed E-state index contributed by atoms with van der Waals surface area (Å²) in [5.41, 5.74) is 3.47. The summed E-state index contributed by atoms with van der Waals surface area (Å²) in [6.45, 7) is 7.84. The summed E-state index contributed by atoms with van der Waals surface area (Å²) in [4.78, 5) is 27.5. The van der Waals surface area contributed by atoms with Crippen molar-refractivity contribution in [2.45, 2.75) is 90.8 Å². The minimum absolute atomic E-state index is 0.206. The number of carbonyl (C=O) groups excluding carboxylic acids is 1. The monoisotopic (exact) mass is 436 g/mol. The van der Waals surface area contributed by atoms with Gasteiger partial charge in [0.25, 0.3) is 0 Å². The molecule has 0 unspecified atom stereocenters. The third kappa shape index (κ3) is 4.32. The molecule has 1 amide bonds. The van der Waals surface area contributed by atoms with Crippen molar-refractivity contribution in [3.8, 4) is 0 Å². The van der Waals surface area contributed by atoms with Crippen molar-refractivity contribution in [3.05, 3.63) is 35.0 Å². The van der Waals surface area contributed by atoms with E-state index >= 15 is 0 Å². The lowest BCUT2D eigenvalue weighted by molar-refractivity contribution is -0.119. The number of nitrogens with zero attached hydrogens (tertiary/aromatic N) is 6. The van der Waals surface area contributed by atoms with E-state index in [-0.39, 0.29) is 11.9 Å². The van der Waals surface area contributed by atoms with Crippen LogP contribution in [0.15, 0.2) is 12.4 Å². The number of anilines is 1.